The van der Waals surface area contributed by atoms with Crippen LogP contribution < -0.4 is 15.4 Å². The van der Waals surface area contributed by atoms with Crippen LogP contribution in [0.1, 0.15) is 64.1 Å². The van der Waals surface area contributed by atoms with Crippen LogP contribution in [0.25, 0.3) is 11.1 Å². The Morgan fingerprint density at radius 3 is 2.46 bits per heavy atom. The van der Waals surface area contributed by atoms with Gasteiger partial charge in [-0.25, -0.2) is 19.6 Å². The SMILES string of the molecule is COC(=O)N1CC(CC2(C)OC(=O)c3c2nc(CC2CC2)c(C(N)=O)c3-c2ccc3c(c2)OC(F)(F)C(=O)N3Cc2ncc(Cl)cn2)C1. The highest BCUT2D eigenvalue weighted by atomic mass is 35.5. The van der Waals surface area contributed by atoms with E-state index in [4.69, 9.17) is 36.5 Å². The number of nitrogens with zero attached hydrogens (tertiary/aromatic N) is 5. The number of rotatable bonds is 8. The van der Waals surface area contributed by atoms with Gasteiger partial charge in [-0.1, -0.05) is 17.7 Å². The van der Waals surface area contributed by atoms with Gasteiger partial charge in [-0.2, -0.15) is 8.78 Å². The number of likely N-dealkylation sites (tertiary alicyclic amines) is 1. The number of pyridine rings is 1. The molecule has 3 aliphatic heterocycles. The number of alkyl halides is 2. The normalized spacial score (nSPS) is 21.2. The maximum absolute atomic E-state index is 15.0. The lowest BCUT2D eigenvalue weighted by atomic mass is 9.82. The van der Waals surface area contributed by atoms with Gasteiger partial charge in [-0.3, -0.25) is 19.5 Å². The molecule has 16 heteroatoms. The maximum atomic E-state index is 15.0. The van der Waals surface area contributed by atoms with Gasteiger partial charge >= 0.3 is 24.1 Å². The summed E-state index contributed by atoms with van der Waals surface area (Å²) in [6.45, 7) is 2.09. The third-order valence-corrected chi connectivity index (χ3v) is 9.23. The molecule has 0 spiro atoms. The van der Waals surface area contributed by atoms with Crippen molar-refractivity contribution in [3.8, 4) is 16.9 Å². The summed E-state index contributed by atoms with van der Waals surface area (Å²) in [4.78, 5) is 66.7. The summed E-state index contributed by atoms with van der Waals surface area (Å²) in [5, 5.41) is 0.226. The van der Waals surface area contributed by atoms with E-state index < -0.39 is 42.1 Å². The van der Waals surface area contributed by atoms with Crippen LogP contribution in [0.5, 0.6) is 5.75 Å². The Morgan fingerprint density at radius 2 is 1.81 bits per heavy atom. The van der Waals surface area contributed by atoms with Crippen molar-refractivity contribution in [1.29, 1.82) is 0 Å². The number of carbonyl (C=O) groups is 4. The summed E-state index contributed by atoms with van der Waals surface area (Å²) in [5.74, 6) is -3.36. The van der Waals surface area contributed by atoms with Gasteiger partial charge in [-0.05, 0) is 62.1 Å². The zero-order chi connectivity index (χ0) is 34.1. The minimum Gasteiger partial charge on any atom is -0.453 e. The standard InChI is InChI=1S/C32H29ClF2N6O7/c1-31(9-16-12-40(13-16)30(45)46-2)26-25(28(43)48-31)23(24(27(36)42)19(39-26)7-15-3-4-15)17-5-6-20-21(8-17)47-32(34,35)29(44)41(20)14-22-37-10-18(33)11-38-22/h5-6,8,10-11,15-16H,3-4,7,9,12-14H2,1-2H3,(H2,36,42). The van der Waals surface area contributed by atoms with Crippen LogP contribution in [0.2, 0.25) is 5.02 Å². The molecule has 2 aromatic heterocycles. The van der Waals surface area contributed by atoms with Crippen LogP contribution in [0.3, 0.4) is 0 Å². The van der Waals surface area contributed by atoms with Crippen LogP contribution in [-0.2, 0) is 32.8 Å². The number of benzene rings is 1. The van der Waals surface area contributed by atoms with E-state index in [1.54, 1.807) is 6.92 Å². The molecule has 4 aliphatic rings. The number of amides is 3. The average Bonchev–Trinajstić information content (AvgIpc) is 3.80. The second-order valence-electron chi connectivity index (χ2n) is 12.6. The van der Waals surface area contributed by atoms with Crippen LogP contribution >= 0.6 is 11.6 Å². The third kappa shape index (κ3) is 5.45. The molecule has 1 saturated heterocycles. The number of aromatic nitrogens is 3. The highest BCUT2D eigenvalue weighted by Crippen LogP contribution is 2.49. The van der Waals surface area contributed by atoms with E-state index >= 15 is 8.78 Å². The Bertz CT molecular complexity index is 1880. The lowest BCUT2D eigenvalue weighted by Gasteiger charge is -2.41. The molecule has 0 radical (unpaired) electrons. The molecule has 1 unspecified atom stereocenters. The highest BCUT2D eigenvalue weighted by molar-refractivity contribution is 6.30. The Hall–Kier alpha value is -4.92. The van der Waals surface area contributed by atoms with Crippen LogP contribution in [0, 0.1) is 11.8 Å². The van der Waals surface area contributed by atoms with Gasteiger partial charge in [0.1, 0.15) is 5.82 Å². The molecule has 1 saturated carbocycles. The van der Waals surface area contributed by atoms with E-state index in [1.807, 2.05) is 0 Å². The third-order valence-electron chi connectivity index (χ3n) is 9.03. The van der Waals surface area contributed by atoms with E-state index in [0.29, 0.717) is 37.3 Å². The quantitative estimate of drug-likeness (QED) is 0.340. The van der Waals surface area contributed by atoms with E-state index in [0.717, 1.165) is 17.7 Å². The molecule has 0 bridgehead atoms. The van der Waals surface area contributed by atoms with Crippen molar-refractivity contribution in [2.24, 2.45) is 17.6 Å². The fraction of sp³-hybridized carbons (Fsp3) is 0.406. The number of esters is 1. The maximum Gasteiger partial charge on any atom is 0.482 e. The molecule has 3 amide bonds. The number of primary amides is 1. The predicted octanol–water partition coefficient (Wildman–Crippen LogP) is 4.24. The van der Waals surface area contributed by atoms with Crippen LogP contribution in [0.15, 0.2) is 30.6 Å². The van der Waals surface area contributed by atoms with Crippen molar-refractivity contribution >= 4 is 41.2 Å². The van der Waals surface area contributed by atoms with Gasteiger partial charge in [0.05, 0.1) is 46.9 Å². The van der Waals surface area contributed by atoms with Gasteiger partial charge in [0.25, 0.3) is 5.91 Å². The molecule has 250 valence electrons. The number of ether oxygens (including phenoxy) is 3. The molecule has 13 nitrogen and oxygen atoms in total. The lowest BCUT2D eigenvalue weighted by molar-refractivity contribution is -0.193. The number of fused-ring (bicyclic) bond motifs is 2. The average molecular weight is 683 g/mol. The zero-order valence-corrected chi connectivity index (χ0v) is 26.6. The van der Waals surface area contributed by atoms with E-state index in [9.17, 15) is 19.2 Å². The molecular formula is C32H29ClF2N6O7. The first-order valence-electron chi connectivity index (χ1n) is 15.2. The topological polar surface area (TPSA) is 167 Å². The monoisotopic (exact) mass is 682 g/mol. The van der Waals surface area contributed by atoms with Crippen molar-refractivity contribution in [1.82, 2.24) is 19.9 Å². The Labute approximate surface area is 277 Å². The fourth-order valence-corrected chi connectivity index (χ4v) is 6.72. The van der Waals surface area contributed by atoms with Gasteiger partial charge in [0.2, 0.25) is 0 Å². The number of cyclic esters (lactones) is 1. The number of anilines is 1. The van der Waals surface area contributed by atoms with Gasteiger partial charge in [-0.15, -0.1) is 0 Å². The summed E-state index contributed by atoms with van der Waals surface area (Å²) in [7, 11) is 1.30. The fourth-order valence-electron chi connectivity index (χ4n) is 6.63. The molecular weight excluding hydrogens is 654 g/mol. The summed E-state index contributed by atoms with van der Waals surface area (Å²) in [5.41, 5.74) is 5.58. The van der Waals surface area contributed by atoms with Crippen molar-refractivity contribution in [3.63, 3.8) is 0 Å². The summed E-state index contributed by atoms with van der Waals surface area (Å²) < 4.78 is 45.7. The van der Waals surface area contributed by atoms with Crippen LogP contribution in [-0.4, -0.2) is 70.0 Å². The largest absolute Gasteiger partial charge is 0.482 e. The van der Waals surface area contributed by atoms with Gasteiger partial charge in [0, 0.05) is 31.0 Å². The molecule has 1 aromatic carbocycles. The number of halogens is 3. The molecule has 2 fully saturated rings. The number of hydrogen-bond donors (Lipinski definition) is 1. The number of nitrogens with two attached hydrogens (primary N) is 1. The lowest BCUT2D eigenvalue weighted by Crippen LogP contribution is -2.51. The summed E-state index contributed by atoms with van der Waals surface area (Å²) >= 11 is 5.85. The second-order valence-corrected chi connectivity index (χ2v) is 13.1. The first-order chi connectivity index (χ1) is 22.8. The second kappa shape index (κ2) is 11.4. The zero-order valence-electron chi connectivity index (χ0n) is 25.8. The molecule has 2 N–H and O–H groups in total. The van der Waals surface area contributed by atoms with Crippen molar-refractivity contribution in [2.45, 2.75) is 50.9 Å². The van der Waals surface area contributed by atoms with Crippen LogP contribution in [0.4, 0.5) is 19.3 Å². The smallest absolute Gasteiger partial charge is 0.453 e. The molecule has 3 aromatic rings. The van der Waals surface area contributed by atoms with Gasteiger partial charge < -0.3 is 24.8 Å². The highest BCUT2D eigenvalue weighted by Gasteiger charge is 2.52. The first kappa shape index (κ1) is 31.7. The van der Waals surface area contributed by atoms with Crippen molar-refractivity contribution < 1.29 is 42.2 Å². The van der Waals surface area contributed by atoms with Crippen molar-refractivity contribution in [2.75, 3.05) is 25.1 Å². The summed E-state index contributed by atoms with van der Waals surface area (Å²) in [6.07, 6.45) is 0.427. The molecule has 1 atom stereocenters. The predicted molar refractivity (Wildman–Crippen MR) is 163 cm³/mol. The molecule has 1 aliphatic carbocycles. The minimum absolute atomic E-state index is 0.00897. The van der Waals surface area contributed by atoms with Gasteiger partial charge in [0.15, 0.2) is 11.4 Å². The minimum atomic E-state index is -4.25. The van der Waals surface area contributed by atoms with E-state index in [-0.39, 0.29) is 56.4 Å². The summed E-state index contributed by atoms with van der Waals surface area (Å²) in [6, 6.07) is 4.10. The van der Waals surface area contributed by atoms with E-state index in [2.05, 4.69) is 9.97 Å². The Kier molecular flexibility index (Phi) is 7.49. The Balaban J connectivity index is 1.33. The molecule has 48 heavy (non-hydrogen) atoms. The number of hydrogen-bond acceptors (Lipinski definition) is 10. The number of methoxy groups -OCH3 is 1. The first-order valence-corrected chi connectivity index (χ1v) is 15.6. The molecule has 5 heterocycles. The Morgan fingerprint density at radius 1 is 1.10 bits per heavy atom. The van der Waals surface area contributed by atoms with E-state index in [1.165, 1.54) is 42.6 Å². The van der Waals surface area contributed by atoms with Crippen molar-refractivity contribution in [3.05, 3.63) is 64.0 Å². The molecule has 7 rings (SSSR count). The number of carbonyl (C=O) groups excluding carboxylic acids is 4.